The van der Waals surface area contributed by atoms with E-state index in [-0.39, 0.29) is 23.2 Å². The molecule has 0 saturated carbocycles. The minimum atomic E-state index is -1.07. The maximum absolute atomic E-state index is 11.2. The minimum Gasteiger partial charge on any atom is -0.478 e. The van der Waals surface area contributed by atoms with E-state index in [4.69, 9.17) is 26.2 Å². The minimum absolute atomic E-state index is 0.0348. The van der Waals surface area contributed by atoms with E-state index in [1.807, 2.05) is 6.92 Å². The number of nitrogens with one attached hydrogen (secondary N) is 1. The third-order valence-electron chi connectivity index (χ3n) is 4.00. The Morgan fingerprint density at radius 2 is 1.97 bits per heavy atom. The first-order valence-corrected chi connectivity index (χ1v) is 8.95. The van der Waals surface area contributed by atoms with E-state index < -0.39 is 5.97 Å². The van der Waals surface area contributed by atoms with Gasteiger partial charge in [-0.2, -0.15) is 9.97 Å². The number of nitrogens with zero attached hydrogens (tertiary/aromatic N) is 4. The van der Waals surface area contributed by atoms with Crippen LogP contribution in [-0.2, 0) is 6.42 Å². The van der Waals surface area contributed by atoms with E-state index >= 15 is 0 Å². The van der Waals surface area contributed by atoms with Gasteiger partial charge in [0, 0.05) is 5.69 Å². The van der Waals surface area contributed by atoms with Crippen LogP contribution in [0.2, 0.25) is 5.02 Å². The molecule has 3 heterocycles. The van der Waals surface area contributed by atoms with E-state index in [9.17, 15) is 4.79 Å². The van der Waals surface area contributed by atoms with Crippen LogP contribution in [0.5, 0.6) is 23.4 Å². The molecule has 0 atom stereocenters. The molecule has 0 aliphatic carbocycles. The Labute approximate surface area is 169 Å². The maximum atomic E-state index is 11.2. The standard InChI is InChI=1S/C19H14ClN5O4/c1-2-13-15(20)14-16(23-13)24-19(25-17(14)28-12-7-21-9-22-8-12)29-11-5-3-4-10(6-11)18(26)27/h3-9H,2H2,1H3,(H,26,27)(H,23,24,25). The third kappa shape index (κ3) is 3.81. The Morgan fingerprint density at radius 3 is 2.69 bits per heavy atom. The van der Waals surface area contributed by atoms with E-state index in [0.29, 0.717) is 28.2 Å². The highest BCUT2D eigenvalue weighted by molar-refractivity contribution is 6.36. The van der Waals surface area contributed by atoms with Crippen molar-refractivity contribution < 1.29 is 19.4 Å². The van der Waals surface area contributed by atoms with Gasteiger partial charge < -0.3 is 19.6 Å². The number of aromatic nitrogens is 5. The zero-order valence-electron chi connectivity index (χ0n) is 15.1. The summed E-state index contributed by atoms with van der Waals surface area (Å²) in [7, 11) is 0. The highest BCUT2D eigenvalue weighted by Gasteiger charge is 2.19. The summed E-state index contributed by atoms with van der Waals surface area (Å²) >= 11 is 6.47. The summed E-state index contributed by atoms with van der Waals surface area (Å²) in [5.41, 5.74) is 1.28. The number of aryl methyl sites for hydroxylation is 1. The Kier molecular flexibility index (Phi) is 4.96. The number of H-pyrrole nitrogens is 1. The average Bonchev–Trinajstić information content (AvgIpc) is 3.05. The molecule has 4 rings (SSSR count). The lowest BCUT2D eigenvalue weighted by Gasteiger charge is -2.09. The van der Waals surface area contributed by atoms with E-state index in [1.54, 1.807) is 12.1 Å². The van der Waals surface area contributed by atoms with Crippen molar-refractivity contribution in [3.8, 4) is 23.4 Å². The summed E-state index contributed by atoms with van der Waals surface area (Å²) in [5.74, 6) is -0.271. The van der Waals surface area contributed by atoms with Gasteiger partial charge in [0.1, 0.15) is 23.1 Å². The predicted molar refractivity (Wildman–Crippen MR) is 104 cm³/mol. The van der Waals surface area contributed by atoms with Crippen molar-refractivity contribution in [1.82, 2.24) is 24.9 Å². The van der Waals surface area contributed by atoms with Crippen LogP contribution in [0.4, 0.5) is 0 Å². The van der Waals surface area contributed by atoms with Gasteiger partial charge in [-0.25, -0.2) is 14.8 Å². The second kappa shape index (κ2) is 7.72. The number of hydrogen-bond acceptors (Lipinski definition) is 7. The van der Waals surface area contributed by atoms with Crippen molar-refractivity contribution in [2.45, 2.75) is 13.3 Å². The number of carboxylic acids is 1. The Bertz CT molecular complexity index is 1200. The number of carbonyl (C=O) groups is 1. The lowest BCUT2D eigenvalue weighted by Crippen LogP contribution is -1.99. The molecular formula is C19H14ClN5O4. The highest BCUT2D eigenvalue weighted by Crippen LogP contribution is 2.37. The summed E-state index contributed by atoms with van der Waals surface area (Å²) in [5, 5.41) is 10.1. The van der Waals surface area contributed by atoms with Crippen LogP contribution in [-0.4, -0.2) is 36.0 Å². The number of rotatable bonds is 6. The van der Waals surface area contributed by atoms with Crippen LogP contribution in [0.15, 0.2) is 43.0 Å². The van der Waals surface area contributed by atoms with Crippen LogP contribution in [0.1, 0.15) is 23.0 Å². The molecule has 4 aromatic rings. The molecular weight excluding hydrogens is 398 g/mol. The predicted octanol–water partition coefficient (Wildman–Crippen LogP) is 4.25. The second-order valence-electron chi connectivity index (χ2n) is 5.92. The van der Waals surface area contributed by atoms with E-state index in [1.165, 1.54) is 30.9 Å². The van der Waals surface area contributed by atoms with Gasteiger partial charge in [0.25, 0.3) is 0 Å². The van der Waals surface area contributed by atoms with Gasteiger partial charge in [0.2, 0.25) is 5.88 Å². The molecule has 146 valence electrons. The van der Waals surface area contributed by atoms with Gasteiger partial charge in [0.15, 0.2) is 5.75 Å². The second-order valence-corrected chi connectivity index (χ2v) is 6.30. The lowest BCUT2D eigenvalue weighted by molar-refractivity contribution is 0.0696. The molecule has 0 bridgehead atoms. The molecule has 0 unspecified atom stereocenters. The zero-order chi connectivity index (χ0) is 20.4. The number of aromatic carboxylic acids is 1. The maximum Gasteiger partial charge on any atom is 0.335 e. The van der Waals surface area contributed by atoms with Crippen molar-refractivity contribution in [3.63, 3.8) is 0 Å². The van der Waals surface area contributed by atoms with Crippen molar-refractivity contribution in [2.24, 2.45) is 0 Å². The Morgan fingerprint density at radius 1 is 1.17 bits per heavy atom. The number of fused-ring (bicyclic) bond motifs is 1. The van der Waals surface area contributed by atoms with Gasteiger partial charge in [0.05, 0.1) is 23.0 Å². The summed E-state index contributed by atoms with van der Waals surface area (Å²) in [6, 6.07) is 5.97. The molecule has 29 heavy (non-hydrogen) atoms. The van der Waals surface area contributed by atoms with Crippen molar-refractivity contribution in [1.29, 1.82) is 0 Å². The Balaban J connectivity index is 1.79. The largest absolute Gasteiger partial charge is 0.478 e. The number of benzene rings is 1. The van der Waals surface area contributed by atoms with Crippen LogP contribution < -0.4 is 9.47 Å². The Hall–Kier alpha value is -3.72. The first-order valence-electron chi connectivity index (χ1n) is 8.57. The fraction of sp³-hybridized carbons (Fsp3) is 0.105. The summed E-state index contributed by atoms with van der Waals surface area (Å²) in [6.07, 6.45) is 5.00. The molecule has 0 spiro atoms. The summed E-state index contributed by atoms with van der Waals surface area (Å²) < 4.78 is 11.5. The van der Waals surface area contributed by atoms with Crippen LogP contribution in [0.3, 0.4) is 0 Å². The molecule has 2 N–H and O–H groups in total. The van der Waals surface area contributed by atoms with Gasteiger partial charge in [-0.3, -0.25) is 0 Å². The van der Waals surface area contributed by atoms with Gasteiger partial charge in [-0.05, 0) is 24.6 Å². The number of halogens is 1. The number of aromatic amines is 1. The fourth-order valence-electron chi connectivity index (χ4n) is 2.67. The first-order chi connectivity index (χ1) is 14.0. The number of hydrogen-bond donors (Lipinski definition) is 2. The number of ether oxygens (including phenoxy) is 2. The summed E-state index contributed by atoms with van der Waals surface area (Å²) in [6.45, 7) is 1.95. The first kappa shape index (κ1) is 18.6. The molecule has 0 aliphatic heterocycles. The summed E-state index contributed by atoms with van der Waals surface area (Å²) in [4.78, 5) is 30.8. The molecule has 0 aliphatic rings. The normalized spacial score (nSPS) is 10.8. The average molecular weight is 412 g/mol. The molecule has 0 amide bonds. The molecule has 1 aromatic carbocycles. The molecule has 0 fully saturated rings. The lowest BCUT2D eigenvalue weighted by atomic mass is 10.2. The molecule has 10 heteroatoms. The van der Waals surface area contributed by atoms with Gasteiger partial charge in [-0.15, -0.1) is 0 Å². The van der Waals surface area contributed by atoms with Crippen LogP contribution in [0.25, 0.3) is 11.0 Å². The SMILES string of the molecule is CCc1[nH]c2nc(Oc3cccc(C(=O)O)c3)nc(Oc3cncnc3)c2c1Cl. The van der Waals surface area contributed by atoms with E-state index in [0.717, 1.165) is 5.69 Å². The monoisotopic (exact) mass is 411 g/mol. The van der Waals surface area contributed by atoms with E-state index in [2.05, 4.69) is 24.9 Å². The van der Waals surface area contributed by atoms with Crippen LogP contribution >= 0.6 is 11.6 Å². The quantitative estimate of drug-likeness (QED) is 0.482. The highest BCUT2D eigenvalue weighted by atomic mass is 35.5. The smallest absolute Gasteiger partial charge is 0.335 e. The zero-order valence-corrected chi connectivity index (χ0v) is 15.8. The molecule has 3 aromatic heterocycles. The van der Waals surface area contributed by atoms with Gasteiger partial charge >= 0.3 is 12.0 Å². The number of carboxylic acid groups (broad SMARTS) is 1. The molecule has 0 radical (unpaired) electrons. The van der Waals surface area contributed by atoms with Crippen molar-refractivity contribution in [2.75, 3.05) is 0 Å². The fourth-order valence-corrected chi connectivity index (χ4v) is 3.02. The van der Waals surface area contributed by atoms with Crippen LogP contribution in [0, 0.1) is 0 Å². The topological polar surface area (TPSA) is 123 Å². The van der Waals surface area contributed by atoms with Crippen molar-refractivity contribution in [3.05, 3.63) is 59.3 Å². The van der Waals surface area contributed by atoms with Gasteiger partial charge in [-0.1, -0.05) is 24.6 Å². The van der Waals surface area contributed by atoms with Crippen molar-refractivity contribution >= 4 is 28.6 Å². The molecule has 0 saturated heterocycles. The third-order valence-corrected chi connectivity index (χ3v) is 4.42. The molecule has 9 nitrogen and oxygen atoms in total.